The fourth-order valence-corrected chi connectivity index (χ4v) is 5.42. The molecule has 6 nitrogen and oxygen atoms in total. The monoisotopic (exact) mass is 446 g/mol. The normalized spacial score (nSPS) is 16.9. The predicted octanol–water partition coefficient (Wildman–Crippen LogP) is 5.66. The molecule has 6 rings (SSSR count). The van der Waals surface area contributed by atoms with Gasteiger partial charge in [0.1, 0.15) is 10.8 Å². The third kappa shape index (κ3) is 3.34. The van der Waals surface area contributed by atoms with Gasteiger partial charge in [-0.1, -0.05) is 59.3 Å². The van der Waals surface area contributed by atoms with Crippen molar-refractivity contribution in [2.45, 2.75) is 31.8 Å². The van der Waals surface area contributed by atoms with E-state index in [0.29, 0.717) is 11.6 Å². The molecule has 154 valence electrons. The van der Waals surface area contributed by atoms with E-state index in [4.69, 9.17) is 16.6 Å². The fourth-order valence-electron chi connectivity index (χ4n) is 4.25. The molecular weight excluding hydrogens is 428 g/mol. The highest BCUT2D eigenvalue weighted by atomic mass is 35.5. The molecule has 0 radical (unpaired) electrons. The Labute approximate surface area is 188 Å². The molecule has 0 saturated heterocycles. The molecule has 0 aliphatic carbocycles. The highest BCUT2D eigenvalue weighted by Crippen LogP contribution is 2.38. The van der Waals surface area contributed by atoms with Crippen molar-refractivity contribution in [2.24, 2.45) is 4.99 Å². The molecule has 0 fully saturated rings. The lowest BCUT2D eigenvalue weighted by Crippen LogP contribution is -2.16. The van der Waals surface area contributed by atoms with Crippen molar-refractivity contribution in [3.63, 3.8) is 0 Å². The summed E-state index contributed by atoms with van der Waals surface area (Å²) >= 11 is 8.14. The van der Waals surface area contributed by atoms with Crippen LogP contribution in [0, 0.1) is 0 Å². The van der Waals surface area contributed by atoms with Crippen molar-refractivity contribution in [1.82, 2.24) is 19.7 Å². The zero-order valence-corrected chi connectivity index (χ0v) is 18.2. The summed E-state index contributed by atoms with van der Waals surface area (Å²) in [5.41, 5.74) is 5.11. The lowest BCUT2D eigenvalue weighted by molar-refractivity contribution is 0.477. The van der Waals surface area contributed by atoms with Crippen LogP contribution in [0.25, 0.3) is 11.3 Å². The smallest absolute Gasteiger partial charge is 0.210 e. The Bertz CT molecular complexity index is 1290. The Kier molecular flexibility index (Phi) is 4.58. The average molecular weight is 447 g/mol. The molecule has 0 saturated carbocycles. The number of nitrogens with zero attached hydrogens (tertiary/aromatic N) is 5. The van der Waals surface area contributed by atoms with Gasteiger partial charge >= 0.3 is 0 Å². The van der Waals surface area contributed by atoms with E-state index in [1.165, 1.54) is 0 Å². The van der Waals surface area contributed by atoms with Gasteiger partial charge in [0.2, 0.25) is 5.13 Å². The maximum absolute atomic E-state index is 6.58. The van der Waals surface area contributed by atoms with Crippen LogP contribution in [0.2, 0.25) is 5.02 Å². The van der Waals surface area contributed by atoms with Crippen LogP contribution in [0.15, 0.2) is 53.7 Å². The minimum absolute atomic E-state index is 0.155. The number of hydrogen-bond acceptors (Lipinski definition) is 6. The van der Waals surface area contributed by atoms with Crippen LogP contribution in [0.5, 0.6) is 0 Å². The number of fused-ring (bicyclic) bond motifs is 2. The molecule has 4 heterocycles. The molecule has 31 heavy (non-hydrogen) atoms. The molecule has 4 aromatic rings. The Morgan fingerprint density at radius 1 is 1.10 bits per heavy atom. The lowest BCUT2D eigenvalue weighted by atomic mass is 10.00. The first-order valence-corrected chi connectivity index (χ1v) is 11.5. The van der Waals surface area contributed by atoms with E-state index in [9.17, 15) is 0 Å². The molecule has 1 unspecified atom stereocenters. The predicted molar refractivity (Wildman–Crippen MR) is 125 cm³/mol. The lowest BCUT2D eigenvalue weighted by Gasteiger charge is -2.20. The number of aliphatic imine (C=N–C) groups is 1. The first kappa shape index (κ1) is 18.7. The van der Waals surface area contributed by atoms with Crippen LogP contribution in [0.3, 0.4) is 0 Å². The molecule has 0 spiro atoms. The van der Waals surface area contributed by atoms with E-state index in [1.54, 1.807) is 11.3 Å². The SMILES string of the molecule is Clc1c(Nc2nnc(C3CCCn4cc(-c5ccccc5)nc43)s2)ccc2c1C=NC2. The van der Waals surface area contributed by atoms with Crippen molar-refractivity contribution >= 4 is 40.0 Å². The minimum atomic E-state index is 0.155. The first-order valence-electron chi connectivity index (χ1n) is 10.3. The van der Waals surface area contributed by atoms with Crippen LogP contribution in [-0.4, -0.2) is 26.0 Å². The molecule has 2 aromatic carbocycles. The zero-order valence-electron chi connectivity index (χ0n) is 16.6. The Morgan fingerprint density at radius 2 is 2.00 bits per heavy atom. The van der Waals surface area contributed by atoms with Gasteiger partial charge in [-0.15, -0.1) is 10.2 Å². The second kappa shape index (κ2) is 7.59. The van der Waals surface area contributed by atoms with Crippen molar-refractivity contribution in [3.8, 4) is 11.3 Å². The molecule has 1 atom stereocenters. The van der Waals surface area contributed by atoms with E-state index < -0.39 is 0 Å². The zero-order chi connectivity index (χ0) is 20.8. The summed E-state index contributed by atoms with van der Waals surface area (Å²) in [4.78, 5) is 9.27. The number of nitrogens with one attached hydrogen (secondary N) is 1. The molecule has 8 heteroatoms. The summed E-state index contributed by atoms with van der Waals surface area (Å²) in [6.45, 7) is 1.68. The maximum atomic E-state index is 6.58. The maximum Gasteiger partial charge on any atom is 0.210 e. The van der Waals surface area contributed by atoms with E-state index in [0.717, 1.165) is 63.4 Å². The summed E-state index contributed by atoms with van der Waals surface area (Å²) < 4.78 is 2.27. The van der Waals surface area contributed by atoms with E-state index >= 15 is 0 Å². The summed E-state index contributed by atoms with van der Waals surface area (Å²) in [6.07, 6.45) is 6.11. The Hall–Kier alpha value is -3.03. The number of anilines is 2. The quantitative estimate of drug-likeness (QED) is 0.439. The third-order valence-corrected chi connectivity index (χ3v) is 7.17. The van der Waals surface area contributed by atoms with Gasteiger partial charge in [-0.3, -0.25) is 4.99 Å². The van der Waals surface area contributed by atoms with Crippen molar-refractivity contribution < 1.29 is 0 Å². The third-order valence-electron chi connectivity index (χ3n) is 5.81. The van der Waals surface area contributed by atoms with Gasteiger partial charge in [0.25, 0.3) is 0 Å². The van der Waals surface area contributed by atoms with Crippen LogP contribution < -0.4 is 5.32 Å². The molecule has 2 aliphatic heterocycles. The fraction of sp³-hybridized carbons (Fsp3) is 0.217. The van der Waals surface area contributed by atoms with Crippen molar-refractivity contribution in [2.75, 3.05) is 5.32 Å². The van der Waals surface area contributed by atoms with Crippen molar-refractivity contribution in [3.05, 3.63) is 75.6 Å². The van der Waals surface area contributed by atoms with Crippen LogP contribution in [0.1, 0.15) is 40.7 Å². The topological polar surface area (TPSA) is 68.0 Å². The van der Waals surface area contributed by atoms with Gasteiger partial charge in [0.15, 0.2) is 0 Å². The standard InChI is InChI=1S/C23H19ClN6S/c24-20-17-12-25-11-15(17)8-9-18(20)27-23-29-28-22(31-23)16-7-4-10-30-13-19(26-21(16)30)14-5-2-1-3-6-14/h1-3,5-6,8-9,12-13,16H,4,7,10-11H2,(H,27,29). The van der Waals surface area contributed by atoms with Gasteiger partial charge in [-0.2, -0.15) is 0 Å². The average Bonchev–Trinajstić information content (AvgIpc) is 3.55. The summed E-state index contributed by atoms with van der Waals surface area (Å²) in [6, 6.07) is 14.4. The van der Waals surface area contributed by atoms with Gasteiger partial charge in [0, 0.05) is 30.1 Å². The van der Waals surface area contributed by atoms with Gasteiger partial charge in [-0.05, 0) is 24.5 Å². The minimum Gasteiger partial charge on any atom is -0.334 e. The van der Waals surface area contributed by atoms with Gasteiger partial charge < -0.3 is 9.88 Å². The molecule has 0 bridgehead atoms. The molecule has 1 N–H and O–H groups in total. The van der Waals surface area contributed by atoms with Crippen LogP contribution in [-0.2, 0) is 13.1 Å². The number of rotatable bonds is 4. The number of benzene rings is 2. The highest BCUT2D eigenvalue weighted by molar-refractivity contribution is 7.15. The first-order chi connectivity index (χ1) is 15.3. The van der Waals surface area contributed by atoms with Gasteiger partial charge in [-0.25, -0.2) is 4.98 Å². The highest BCUT2D eigenvalue weighted by Gasteiger charge is 2.28. The molecular formula is C23H19ClN6S. The molecule has 0 amide bonds. The number of imidazole rings is 1. The number of aromatic nitrogens is 4. The second-order valence-electron chi connectivity index (χ2n) is 7.78. The van der Waals surface area contributed by atoms with Gasteiger partial charge in [0.05, 0.1) is 28.9 Å². The van der Waals surface area contributed by atoms with Crippen LogP contribution >= 0.6 is 22.9 Å². The molecule has 2 aliphatic rings. The Balaban J connectivity index is 1.28. The molecule has 2 aromatic heterocycles. The number of halogens is 1. The van der Waals surface area contributed by atoms with Crippen molar-refractivity contribution in [1.29, 1.82) is 0 Å². The van der Waals surface area contributed by atoms with Crippen LogP contribution in [0.4, 0.5) is 10.8 Å². The number of hydrogen-bond donors (Lipinski definition) is 1. The number of aryl methyl sites for hydroxylation is 1. The van der Waals surface area contributed by atoms with E-state index in [2.05, 4.69) is 49.5 Å². The second-order valence-corrected chi connectivity index (χ2v) is 9.17. The van der Waals surface area contributed by atoms with E-state index in [1.807, 2.05) is 30.5 Å². The Morgan fingerprint density at radius 3 is 2.90 bits per heavy atom. The summed E-state index contributed by atoms with van der Waals surface area (Å²) in [5, 5.41) is 14.6. The summed E-state index contributed by atoms with van der Waals surface area (Å²) in [5.74, 6) is 1.22. The largest absolute Gasteiger partial charge is 0.334 e. The van der Waals surface area contributed by atoms with E-state index in [-0.39, 0.29) is 5.92 Å². The summed E-state index contributed by atoms with van der Waals surface area (Å²) in [7, 11) is 0.